The Morgan fingerprint density at radius 2 is 2.14 bits per heavy atom. The van der Waals surface area contributed by atoms with Gasteiger partial charge >= 0.3 is 0 Å². The van der Waals surface area contributed by atoms with Gasteiger partial charge in [0, 0.05) is 42.5 Å². The van der Waals surface area contributed by atoms with Crippen molar-refractivity contribution in [2.45, 2.75) is 25.8 Å². The average molecular weight is 311 g/mol. The molecule has 2 rings (SSSR count). The van der Waals surface area contributed by atoms with E-state index in [2.05, 4.69) is 21.9 Å². The number of piperidine rings is 1. The minimum absolute atomic E-state index is 0.111. The molecule has 0 amide bonds. The lowest BCUT2D eigenvalue weighted by Crippen LogP contribution is -2.43. The zero-order valence-electron chi connectivity index (χ0n) is 12.6. The van der Waals surface area contributed by atoms with Crippen molar-refractivity contribution in [2.75, 3.05) is 31.6 Å². The van der Waals surface area contributed by atoms with Gasteiger partial charge in [0.05, 0.1) is 0 Å². The second-order valence-corrected chi connectivity index (χ2v) is 5.86. The highest BCUT2D eigenvalue weighted by Gasteiger charge is 2.24. The molecule has 0 radical (unpaired) electrons. The van der Waals surface area contributed by atoms with Crippen molar-refractivity contribution in [3.05, 3.63) is 28.8 Å². The van der Waals surface area contributed by atoms with Gasteiger partial charge in [-0.1, -0.05) is 23.7 Å². The molecule has 0 unspecified atom stereocenters. The number of rotatable bonds is 4. The first kappa shape index (κ1) is 15.9. The van der Waals surface area contributed by atoms with Gasteiger partial charge in [-0.15, -0.1) is 0 Å². The molecule has 1 fully saturated rings. The zero-order chi connectivity index (χ0) is 15.4. The van der Waals surface area contributed by atoms with Crippen LogP contribution in [0.15, 0.2) is 23.4 Å². The quantitative estimate of drug-likeness (QED) is 0.388. The molecular weight excluding hydrogens is 288 g/mol. The van der Waals surface area contributed by atoms with Gasteiger partial charge in [0.1, 0.15) is 0 Å². The van der Waals surface area contributed by atoms with E-state index in [1.807, 2.05) is 13.1 Å². The summed E-state index contributed by atoms with van der Waals surface area (Å²) in [7, 11) is 2.05. The highest BCUT2D eigenvalue weighted by molar-refractivity contribution is 6.31. The normalized spacial score (nSPS) is 18.0. The predicted octanol–water partition coefficient (Wildman–Crippen LogP) is 2.36. The van der Waals surface area contributed by atoms with Crippen LogP contribution in [0.25, 0.3) is 0 Å². The van der Waals surface area contributed by atoms with Gasteiger partial charge in [-0.25, -0.2) is 0 Å². The van der Waals surface area contributed by atoms with E-state index in [0.29, 0.717) is 16.6 Å². The van der Waals surface area contributed by atoms with Crippen molar-refractivity contribution < 1.29 is 5.21 Å². The van der Waals surface area contributed by atoms with Gasteiger partial charge in [-0.05, 0) is 37.6 Å². The summed E-state index contributed by atoms with van der Waals surface area (Å²) in [5.41, 5.74) is 7.40. The van der Waals surface area contributed by atoms with E-state index in [-0.39, 0.29) is 5.84 Å². The molecular formula is C15H23ClN4O. The third-order valence-corrected chi connectivity index (χ3v) is 4.51. The number of oxime groups is 1. The number of hydrogen-bond donors (Lipinski definition) is 2. The first-order valence-corrected chi connectivity index (χ1v) is 7.67. The fourth-order valence-electron chi connectivity index (χ4n) is 2.89. The van der Waals surface area contributed by atoms with E-state index < -0.39 is 0 Å². The summed E-state index contributed by atoms with van der Waals surface area (Å²) < 4.78 is 0. The summed E-state index contributed by atoms with van der Waals surface area (Å²) in [4.78, 5) is 4.65. The summed E-state index contributed by atoms with van der Waals surface area (Å²) in [6.45, 7) is 5.50. The summed E-state index contributed by atoms with van der Waals surface area (Å²) in [6, 6.07) is 5.87. The number of hydrogen-bond acceptors (Lipinski definition) is 4. The lowest BCUT2D eigenvalue weighted by molar-refractivity contribution is 0.221. The van der Waals surface area contributed by atoms with E-state index in [9.17, 15) is 0 Å². The van der Waals surface area contributed by atoms with Crippen molar-refractivity contribution >= 4 is 23.1 Å². The van der Waals surface area contributed by atoms with Crippen LogP contribution >= 0.6 is 11.6 Å². The van der Waals surface area contributed by atoms with Crippen LogP contribution in [0.2, 0.25) is 5.02 Å². The van der Waals surface area contributed by atoms with Crippen molar-refractivity contribution in [3.8, 4) is 0 Å². The molecule has 3 N–H and O–H groups in total. The molecule has 1 aliphatic heterocycles. The van der Waals surface area contributed by atoms with E-state index in [1.54, 1.807) is 12.1 Å². The third kappa shape index (κ3) is 3.60. The lowest BCUT2D eigenvalue weighted by atomic mass is 10.0. The molecule has 0 saturated carbocycles. The number of amidine groups is 1. The average Bonchev–Trinajstić information content (AvgIpc) is 2.53. The monoisotopic (exact) mass is 310 g/mol. The van der Waals surface area contributed by atoms with E-state index in [1.165, 1.54) is 0 Å². The molecule has 5 nitrogen and oxygen atoms in total. The van der Waals surface area contributed by atoms with Crippen molar-refractivity contribution in [2.24, 2.45) is 10.9 Å². The summed E-state index contributed by atoms with van der Waals surface area (Å²) in [6.07, 6.45) is 2.21. The first-order chi connectivity index (χ1) is 10.1. The second-order valence-electron chi connectivity index (χ2n) is 5.42. The minimum Gasteiger partial charge on any atom is -0.409 e. The molecule has 0 aliphatic carbocycles. The second kappa shape index (κ2) is 7.00. The SMILES string of the molecule is CCN1CCC(N(C)c2cc(Cl)ccc2C(N)=NO)CC1. The molecule has 1 aromatic rings. The molecule has 0 aromatic heterocycles. The number of benzene rings is 1. The van der Waals surface area contributed by atoms with Crippen LogP contribution in [0.5, 0.6) is 0 Å². The van der Waals surface area contributed by atoms with Crippen molar-refractivity contribution in [3.63, 3.8) is 0 Å². The molecule has 0 spiro atoms. The fraction of sp³-hybridized carbons (Fsp3) is 0.533. The largest absolute Gasteiger partial charge is 0.409 e. The molecule has 1 heterocycles. The Morgan fingerprint density at radius 1 is 1.48 bits per heavy atom. The molecule has 0 bridgehead atoms. The van der Waals surface area contributed by atoms with Gasteiger partial charge < -0.3 is 20.7 Å². The van der Waals surface area contributed by atoms with Gasteiger partial charge in [0.15, 0.2) is 5.84 Å². The van der Waals surface area contributed by atoms with Crippen molar-refractivity contribution in [1.29, 1.82) is 0 Å². The smallest absolute Gasteiger partial charge is 0.172 e. The van der Waals surface area contributed by atoms with Crippen LogP contribution in [0.3, 0.4) is 0 Å². The minimum atomic E-state index is 0.111. The molecule has 1 saturated heterocycles. The summed E-state index contributed by atoms with van der Waals surface area (Å²) in [5, 5.41) is 12.7. The number of halogens is 1. The maximum absolute atomic E-state index is 8.95. The predicted molar refractivity (Wildman–Crippen MR) is 87.5 cm³/mol. The van der Waals surface area contributed by atoms with Gasteiger partial charge in [-0.3, -0.25) is 0 Å². The number of anilines is 1. The number of nitrogens with two attached hydrogens (primary N) is 1. The standard InChI is InChI=1S/C15H23ClN4O/c1-3-20-8-6-12(7-9-20)19(2)14-10-11(16)4-5-13(14)15(17)18-21/h4-5,10,12,21H,3,6-9H2,1-2H3,(H2,17,18). The van der Waals surface area contributed by atoms with Crippen molar-refractivity contribution in [1.82, 2.24) is 4.90 Å². The zero-order valence-corrected chi connectivity index (χ0v) is 13.3. The van der Waals surface area contributed by atoms with Crippen LogP contribution in [-0.2, 0) is 0 Å². The molecule has 0 atom stereocenters. The maximum atomic E-state index is 8.95. The molecule has 6 heteroatoms. The molecule has 1 aliphatic rings. The third-order valence-electron chi connectivity index (χ3n) is 4.28. The van der Waals surface area contributed by atoms with Crippen LogP contribution in [0.1, 0.15) is 25.3 Å². The maximum Gasteiger partial charge on any atom is 0.172 e. The Kier molecular flexibility index (Phi) is 5.31. The van der Waals surface area contributed by atoms with Crippen LogP contribution in [0, 0.1) is 0 Å². The first-order valence-electron chi connectivity index (χ1n) is 7.29. The number of likely N-dealkylation sites (tertiary alicyclic amines) is 1. The topological polar surface area (TPSA) is 65.1 Å². The van der Waals surface area contributed by atoms with Crippen LogP contribution in [-0.4, -0.2) is 48.7 Å². The Labute approximate surface area is 131 Å². The molecule has 116 valence electrons. The van der Waals surface area contributed by atoms with E-state index >= 15 is 0 Å². The van der Waals surface area contributed by atoms with E-state index in [4.69, 9.17) is 22.5 Å². The van der Waals surface area contributed by atoms with Gasteiger partial charge in [-0.2, -0.15) is 0 Å². The summed E-state index contributed by atoms with van der Waals surface area (Å²) >= 11 is 6.12. The highest BCUT2D eigenvalue weighted by Crippen LogP contribution is 2.28. The van der Waals surface area contributed by atoms with Gasteiger partial charge in [0.2, 0.25) is 0 Å². The Balaban J connectivity index is 2.22. The molecule has 1 aromatic carbocycles. The highest BCUT2D eigenvalue weighted by atomic mass is 35.5. The Bertz CT molecular complexity index is 512. The Hall–Kier alpha value is -1.46. The van der Waals surface area contributed by atoms with Gasteiger partial charge in [0.25, 0.3) is 0 Å². The lowest BCUT2D eigenvalue weighted by Gasteiger charge is -2.38. The Morgan fingerprint density at radius 3 is 2.71 bits per heavy atom. The van der Waals surface area contributed by atoms with Crippen LogP contribution in [0.4, 0.5) is 5.69 Å². The summed E-state index contributed by atoms with van der Waals surface area (Å²) in [5.74, 6) is 0.111. The van der Waals surface area contributed by atoms with E-state index in [0.717, 1.165) is 38.2 Å². The van der Waals surface area contributed by atoms with Crippen LogP contribution < -0.4 is 10.6 Å². The number of nitrogens with zero attached hydrogens (tertiary/aromatic N) is 3. The molecule has 21 heavy (non-hydrogen) atoms. The fourth-order valence-corrected chi connectivity index (χ4v) is 3.05.